The van der Waals surface area contributed by atoms with Crippen molar-refractivity contribution in [3.8, 4) is 5.75 Å². The Morgan fingerprint density at radius 2 is 1.68 bits per heavy atom. The van der Waals surface area contributed by atoms with Crippen molar-refractivity contribution in [3.05, 3.63) is 101 Å². The van der Waals surface area contributed by atoms with Crippen LogP contribution in [0.25, 0.3) is 0 Å². The van der Waals surface area contributed by atoms with E-state index >= 15 is 0 Å². The van der Waals surface area contributed by atoms with Crippen LogP contribution in [0, 0.1) is 5.82 Å². The molecule has 9 heteroatoms. The fourth-order valence-electron chi connectivity index (χ4n) is 7.05. The molecule has 3 aromatic carbocycles. The lowest BCUT2D eigenvalue weighted by Gasteiger charge is -2.47. The van der Waals surface area contributed by atoms with Crippen molar-refractivity contribution >= 4 is 11.9 Å². The summed E-state index contributed by atoms with van der Waals surface area (Å²) < 4.78 is 19.0. The number of phenols is 1. The van der Waals surface area contributed by atoms with Gasteiger partial charge in [-0.1, -0.05) is 36.4 Å². The highest BCUT2D eigenvalue weighted by Crippen LogP contribution is 2.35. The molecule has 1 amide bonds. The smallest absolute Gasteiger partial charge is 0.305 e. The van der Waals surface area contributed by atoms with Crippen LogP contribution in [-0.2, 0) is 16.1 Å². The van der Waals surface area contributed by atoms with Gasteiger partial charge in [0.15, 0.2) is 0 Å². The zero-order chi connectivity index (χ0) is 33.3. The maximum Gasteiger partial charge on any atom is 0.305 e. The van der Waals surface area contributed by atoms with E-state index in [1.54, 1.807) is 18.2 Å². The summed E-state index contributed by atoms with van der Waals surface area (Å²) in [6, 6.07) is 22.4. The molecule has 2 saturated heterocycles. The van der Waals surface area contributed by atoms with Gasteiger partial charge in [0.2, 0.25) is 0 Å². The number of benzene rings is 3. The number of carbonyl (C=O) groups is 2. The average molecular weight is 645 g/mol. The Morgan fingerprint density at radius 3 is 2.45 bits per heavy atom. The monoisotopic (exact) mass is 644 g/mol. The highest BCUT2D eigenvalue weighted by atomic mass is 19.1. The molecule has 0 aromatic heterocycles. The summed E-state index contributed by atoms with van der Waals surface area (Å²) in [6.45, 7) is 12.7. The summed E-state index contributed by atoms with van der Waals surface area (Å²) in [7, 11) is 0. The van der Waals surface area contributed by atoms with Crippen molar-refractivity contribution in [1.82, 2.24) is 19.6 Å². The first-order valence-corrected chi connectivity index (χ1v) is 17.0. The Kier molecular flexibility index (Phi) is 12.0. The molecule has 1 N–H and O–H groups in total. The lowest BCUT2D eigenvalue weighted by atomic mass is 9.92. The first-order chi connectivity index (χ1) is 22.7. The molecule has 3 atom stereocenters. The molecule has 47 heavy (non-hydrogen) atoms. The second-order valence-electron chi connectivity index (χ2n) is 13.0. The van der Waals surface area contributed by atoms with Crippen LogP contribution in [0.4, 0.5) is 4.39 Å². The van der Waals surface area contributed by atoms with Crippen molar-refractivity contribution in [2.75, 3.05) is 52.4 Å². The number of carbonyl (C=O) groups excluding carboxylic acids is 2. The Hall–Kier alpha value is -3.79. The molecule has 8 nitrogen and oxygen atoms in total. The molecular formula is C38H49FN4O4. The van der Waals surface area contributed by atoms with Gasteiger partial charge in [0.1, 0.15) is 11.6 Å². The molecule has 0 radical (unpaired) electrons. The number of aromatic hydroxyl groups is 1. The van der Waals surface area contributed by atoms with Gasteiger partial charge in [0.25, 0.3) is 5.91 Å². The minimum atomic E-state index is -0.219. The topological polar surface area (TPSA) is 76.6 Å². The van der Waals surface area contributed by atoms with Crippen molar-refractivity contribution in [2.24, 2.45) is 0 Å². The van der Waals surface area contributed by atoms with E-state index in [2.05, 4.69) is 34.6 Å². The molecule has 3 aromatic rings. The first-order valence-electron chi connectivity index (χ1n) is 17.0. The Balaban J connectivity index is 1.31. The van der Waals surface area contributed by atoms with Gasteiger partial charge in [-0.15, -0.1) is 0 Å². The minimum Gasteiger partial charge on any atom is -0.508 e. The Labute approximate surface area is 278 Å². The molecule has 0 unspecified atom stereocenters. The molecule has 0 bridgehead atoms. The summed E-state index contributed by atoms with van der Waals surface area (Å²) in [6.07, 6.45) is 2.05. The second kappa shape index (κ2) is 16.4. The largest absolute Gasteiger partial charge is 0.508 e. The number of halogens is 1. The van der Waals surface area contributed by atoms with Crippen molar-refractivity contribution in [3.63, 3.8) is 0 Å². The minimum absolute atomic E-state index is 0.0243. The standard InChI is InChI=1S/C38H49FN4O4/c1-4-47-36(45)16-8-17-40-18-9-19-41(21-20-40)38(46)33-13-6-11-31(23-33)37(32-12-7-15-35(44)24-32)43-26-28(2)42(25-29(43)3)27-30-10-5-14-34(39)22-30/h5-7,10-15,22-24,28-29,37,44H,4,8-9,16-21,25-27H2,1-3H3/t28-,29+,37-/m1/s1. The van der Waals surface area contributed by atoms with Gasteiger partial charge in [-0.25, -0.2) is 4.39 Å². The molecule has 0 spiro atoms. The summed E-state index contributed by atoms with van der Waals surface area (Å²) in [5, 5.41) is 10.5. The molecule has 2 fully saturated rings. The lowest BCUT2D eigenvalue weighted by molar-refractivity contribution is -0.143. The number of esters is 1. The predicted octanol–water partition coefficient (Wildman–Crippen LogP) is 5.71. The Morgan fingerprint density at radius 1 is 0.915 bits per heavy atom. The van der Waals surface area contributed by atoms with Crippen LogP contribution >= 0.6 is 0 Å². The number of phenolic OH excluding ortho intramolecular Hbond substituents is 1. The van der Waals surface area contributed by atoms with Crippen molar-refractivity contribution < 1.29 is 23.8 Å². The lowest BCUT2D eigenvalue weighted by Crippen LogP contribution is -2.56. The van der Waals surface area contributed by atoms with Gasteiger partial charge in [0.05, 0.1) is 12.6 Å². The van der Waals surface area contributed by atoms with Crippen LogP contribution in [0.15, 0.2) is 72.8 Å². The van der Waals surface area contributed by atoms with Crippen LogP contribution in [0.2, 0.25) is 0 Å². The van der Waals surface area contributed by atoms with E-state index in [1.807, 2.05) is 54.3 Å². The summed E-state index contributed by atoms with van der Waals surface area (Å²) in [4.78, 5) is 34.8. The molecule has 5 rings (SSSR count). The average Bonchev–Trinajstić information content (AvgIpc) is 3.29. The molecule has 0 aliphatic carbocycles. The summed E-state index contributed by atoms with van der Waals surface area (Å²) >= 11 is 0. The number of piperazine rings is 1. The van der Waals surface area contributed by atoms with Crippen molar-refractivity contribution in [2.45, 2.75) is 64.7 Å². The summed E-state index contributed by atoms with van der Waals surface area (Å²) in [5.41, 5.74) is 3.60. The number of amides is 1. The van der Waals surface area contributed by atoms with Crippen molar-refractivity contribution in [1.29, 1.82) is 0 Å². The van der Waals surface area contributed by atoms with Crippen LogP contribution in [0.3, 0.4) is 0 Å². The van der Waals surface area contributed by atoms with Crippen LogP contribution in [0.1, 0.15) is 73.1 Å². The van der Waals surface area contributed by atoms with Gasteiger partial charge in [-0.3, -0.25) is 19.4 Å². The zero-order valence-corrected chi connectivity index (χ0v) is 28.0. The quantitative estimate of drug-likeness (QED) is 0.268. The molecule has 0 saturated carbocycles. The third-order valence-electron chi connectivity index (χ3n) is 9.44. The summed E-state index contributed by atoms with van der Waals surface area (Å²) in [5.74, 6) is -0.140. The molecular weight excluding hydrogens is 595 g/mol. The van der Waals surface area contributed by atoms with Gasteiger partial charge < -0.3 is 19.6 Å². The van der Waals surface area contributed by atoms with Crippen LogP contribution < -0.4 is 0 Å². The highest BCUT2D eigenvalue weighted by molar-refractivity contribution is 5.94. The van der Waals surface area contributed by atoms with Crippen LogP contribution in [0.5, 0.6) is 5.75 Å². The van der Waals surface area contributed by atoms with E-state index in [0.717, 1.165) is 62.3 Å². The molecule has 2 aliphatic rings. The number of ether oxygens (including phenoxy) is 1. The van der Waals surface area contributed by atoms with E-state index < -0.39 is 0 Å². The number of nitrogens with zero attached hydrogens (tertiary/aromatic N) is 4. The maximum absolute atomic E-state index is 13.9. The van der Waals surface area contributed by atoms with E-state index in [4.69, 9.17) is 4.74 Å². The van der Waals surface area contributed by atoms with Gasteiger partial charge >= 0.3 is 5.97 Å². The number of hydrogen-bond donors (Lipinski definition) is 1. The van der Waals surface area contributed by atoms with Gasteiger partial charge in [-0.05, 0) is 99.8 Å². The fourth-order valence-corrected chi connectivity index (χ4v) is 7.05. The van der Waals surface area contributed by atoms with E-state index in [-0.39, 0.29) is 41.6 Å². The SMILES string of the molecule is CCOC(=O)CCCN1CCCN(C(=O)c2cccc([C@H](c3cccc(O)c3)N3C[C@@H](C)N(Cc4cccc(F)c4)C[C@@H]3C)c2)CC1. The number of rotatable bonds is 11. The maximum atomic E-state index is 13.9. The molecule has 2 aliphatic heterocycles. The first kappa shape index (κ1) is 34.5. The highest BCUT2D eigenvalue weighted by Gasteiger charge is 2.35. The normalized spacial score (nSPS) is 20.5. The van der Waals surface area contributed by atoms with Gasteiger partial charge in [0, 0.05) is 63.3 Å². The third kappa shape index (κ3) is 9.18. The van der Waals surface area contributed by atoms with Gasteiger partial charge in [-0.2, -0.15) is 0 Å². The van der Waals surface area contributed by atoms with E-state index in [1.165, 1.54) is 6.07 Å². The third-order valence-corrected chi connectivity index (χ3v) is 9.44. The number of hydrogen-bond acceptors (Lipinski definition) is 7. The molecule has 2 heterocycles. The fraction of sp³-hybridized carbons (Fsp3) is 0.474. The predicted molar refractivity (Wildman–Crippen MR) is 182 cm³/mol. The second-order valence-corrected chi connectivity index (χ2v) is 13.0. The Bertz CT molecular complexity index is 1500. The van der Waals surface area contributed by atoms with E-state index in [9.17, 15) is 19.1 Å². The molecule has 252 valence electrons. The van der Waals surface area contributed by atoms with E-state index in [0.29, 0.717) is 38.2 Å². The zero-order valence-electron chi connectivity index (χ0n) is 28.0. The van der Waals surface area contributed by atoms with Crippen LogP contribution in [-0.4, -0.2) is 101 Å².